The SMILES string of the molecule is C1CN2CCC1CC2.CCCCN=C=S.S=C=NCCC[N+]12CCC(CC1)CC2. The Morgan fingerprint density at radius 3 is 1.66 bits per heavy atom. The van der Waals surface area contributed by atoms with Crippen LogP contribution in [0.15, 0.2) is 9.98 Å². The van der Waals surface area contributed by atoms with Crippen LogP contribution in [0.2, 0.25) is 0 Å². The monoisotopic (exact) mass is 437 g/mol. The van der Waals surface area contributed by atoms with E-state index >= 15 is 0 Å². The van der Waals surface area contributed by atoms with Crippen LogP contribution in [0.1, 0.15) is 64.7 Å². The summed E-state index contributed by atoms with van der Waals surface area (Å²) in [6, 6.07) is 0. The van der Waals surface area contributed by atoms with Crippen LogP contribution in [0.5, 0.6) is 0 Å². The number of aliphatic imine (C=N–C) groups is 2. The number of hydrogen-bond donors (Lipinski definition) is 0. The lowest BCUT2D eigenvalue weighted by molar-refractivity contribution is -0.942. The molecule has 6 aliphatic rings. The molecule has 6 aliphatic heterocycles. The van der Waals surface area contributed by atoms with Gasteiger partial charge in [0.1, 0.15) is 0 Å². The van der Waals surface area contributed by atoms with Gasteiger partial charge in [-0.15, -0.1) is 0 Å². The second-order valence-corrected chi connectivity index (χ2v) is 9.56. The highest BCUT2D eigenvalue weighted by atomic mass is 32.1. The lowest BCUT2D eigenvalue weighted by Crippen LogP contribution is -2.58. The standard InChI is InChI=1S/C11H19N2S.C7H13N.C5H9NS/c14-10-12-5-1-6-13-7-2-11(3-8-13)4-9-13;1-4-8-5-2-7(1)3-6-8;1-2-3-4-6-5-7/h11H,1-9H2;7H,1-6H2;2-4H2,1H3/q+1;;. The Kier molecular flexibility index (Phi) is 12.4. The van der Waals surface area contributed by atoms with Crippen molar-refractivity contribution in [2.24, 2.45) is 21.8 Å². The maximum atomic E-state index is 4.56. The van der Waals surface area contributed by atoms with Crippen molar-refractivity contribution in [3.63, 3.8) is 0 Å². The maximum Gasteiger partial charge on any atom is 0.0804 e. The number of fused-ring (bicyclic) bond motifs is 6. The predicted molar refractivity (Wildman–Crippen MR) is 130 cm³/mol. The number of unbranched alkanes of at least 4 members (excludes halogenated alkanes) is 1. The van der Waals surface area contributed by atoms with Gasteiger partial charge in [-0.3, -0.25) is 0 Å². The average Bonchev–Trinajstić information content (AvgIpc) is 2.81. The van der Waals surface area contributed by atoms with Crippen molar-refractivity contribution in [3.05, 3.63) is 0 Å². The average molecular weight is 438 g/mol. The molecule has 0 radical (unpaired) electrons. The highest BCUT2D eigenvalue weighted by Gasteiger charge is 2.38. The van der Waals surface area contributed by atoms with Gasteiger partial charge >= 0.3 is 0 Å². The minimum atomic E-state index is 0.847. The molecule has 6 rings (SSSR count). The molecule has 6 saturated heterocycles. The van der Waals surface area contributed by atoms with Gasteiger partial charge in [0.15, 0.2) is 0 Å². The Morgan fingerprint density at radius 1 is 0.793 bits per heavy atom. The fraction of sp³-hybridized carbons (Fsp3) is 0.913. The quantitative estimate of drug-likeness (QED) is 0.240. The van der Waals surface area contributed by atoms with Crippen molar-refractivity contribution >= 4 is 34.8 Å². The Labute approximate surface area is 189 Å². The fourth-order valence-corrected chi connectivity index (χ4v) is 5.33. The molecule has 4 bridgehead atoms. The van der Waals surface area contributed by atoms with Crippen molar-refractivity contribution in [2.45, 2.75) is 64.7 Å². The Morgan fingerprint density at radius 2 is 1.28 bits per heavy atom. The summed E-state index contributed by atoms with van der Waals surface area (Å²) in [5, 5.41) is 4.76. The number of quaternary nitrogens is 1. The smallest absolute Gasteiger partial charge is 0.0804 e. The topological polar surface area (TPSA) is 28.0 Å². The van der Waals surface area contributed by atoms with Gasteiger partial charge in [0, 0.05) is 13.0 Å². The van der Waals surface area contributed by atoms with Gasteiger partial charge in [0.05, 0.1) is 43.0 Å². The zero-order valence-corrected chi connectivity index (χ0v) is 20.1. The summed E-state index contributed by atoms with van der Waals surface area (Å²) in [5.41, 5.74) is 0. The summed E-state index contributed by atoms with van der Waals surface area (Å²) in [6.07, 6.45) is 12.4. The van der Waals surface area contributed by atoms with Crippen LogP contribution in [0.25, 0.3) is 0 Å². The molecule has 0 amide bonds. The molecule has 0 aromatic heterocycles. The Bertz CT molecular complexity index is 502. The van der Waals surface area contributed by atoms with E-state index in [2.05, 4.69) is 56.6 Å². The van der Waals surface area contributed by atoms with Crippen LogP contribution >= 0.6 is 24.4 Å². The zero-order valence-electron chi connectivity index (χ0n) is 18.5. The van der Waals surface area contributed by atoms with E-state index in [1.165, 1.54) is 102 Å². The highest BCUT2D eigenvalue weighted by Crippen LogP contribution is 2.33. The first-order chi connectivity index (χ1) is 14.2. The highest BCUT2D eigenvalue weighted by molar-refractivity contribution is 7.78. The van der Waals surface area contributed by atoms with Gasteiger partial charge in [0.25, 0.3) is 0 Å². The number of hydrogen-bond acceptors (Lipinski definition) is 5. The first kappa shape index (κ1) is 24.8. The third-order valence-electron chi connectivity index (χ3n) is 7.25. The van der Waals surface area contributed by atoms with Crippen LogP contribution in [-0.2, 0) is 0 Å². The summed E-state index contributed by atoms with van der Waals surface area (Å²) < 4.78 is 1.38. The molecule has 29 heavy (non-hydrogen) atoms. The number of rotatable bonds is 7. The summed E-state index contributed by atoms with van der Waals surface area (Å²) in [4.78, 5) is 10.3. The van der Waals surface area contributed by atoms with Gasteiger partial charge in [-0.1, -0.05) is 13.3 Å². The lowest BCUT2D eigenvalue weighted by atomic mass is 9.85. The number of thiocarbonyl (C=S) groups is 2. The first-order valence-corrected chi connectivity index (χ1v) is 12.7. The molecular weight excluding hydrogens is 396 g/mol. The van der Waals surface area contributed by atoms with E-state index in [9.17, 15) is 0 Å². The lowest BCUT2D eigenvalue weighted by Gasteiger charge is -2.49. The molecule has 6 heterocycles. The van der Waals surface area contributed by atoms with Crippen LogP contribution in [0.3, 0.4) is 0 Å². The van der Waals surface area contributed by atoms with Gasteiger partial charge in [-0.2, -0.15) is 0 Å². The van der Waals surface area contributed by atoms with E-state index in [-0.39, 0.29) is 0 Å². The van der Waals surface area contributed by atoms with Gasteiger partial charge in [-0.05, 0) is 101 Å². The van der Waals surface area contributed by atoms with Gasteiger partial charge < -0.3 is 9.38 Å². The second-order valence-electron chi connectivity index (χ2n) is 9.19. The third kappa shape index (κ3) is 9.46. The van der Waals surface area contributed by atoms with Gasteiger partial charge in [0.2, 0.25) is 0 Å². The minimum Gasteiger partial charge on any atom is -0.324 e. The van der Waals surface area contributed by atoms with E-state index in [0.717, 1.165) is 31.3 Å². The van der Waals surface area contributed by atoms with E-state index < -0.39 is 0 Å². The second kappa shape index (κ2) is 14.5. The van der Waals surface area contributed by atoms with Crippen molar-refractivity contribution in [3.8, 4) is 0 Å². The molecule has 6 fully saturated rings. The number of isothiocyanates is 2. The van der Waals surface area contributed by atoms with Gasteiger partial charge in [-0.25, -0.2) is 9.98 Å². The molecule has 6 heteroatoms. The zero-order chi connectivity index (χ0) is 20.8. The summed E-state index contributed by atoms with van der Waals surface area (Å²) in [6.45, 7) is 13.6. The molecule has 0 atom stereocenters. The van der Waals surface area contributed by atoms with Crippen molar-refractivity contribution in [1.29, 1.82) is 0 Å². The van der Waals surface area contributed by atoms with Crippen LogP contribution in [-0.4, -0.2) is 78.6 Å². The van der Waals surface area contributed by atoms with E-state index in [4.69, 9.17) is 0 Å². The Balaban J connectivity index is 0.000000170. The summed E-state index contributed by atoms with van der Waals surface area (Å²) in [5.74, 6) is 2.17. The van der Waals surface area contributed by atoms with E-state index in [1.807, 2.05) is 0 Å². The van der Waals surface area contributed by atoms with Crippen LogP contribution < -0.4 is 0 Å². The Hall–Kier alpha value is -0.480. The first-order valence-electron chi connectivity index (χ1n) is 11.9. The fourth-order valence-electron chi connectivity index (χ4n) is 5.15. The van der Waals surface area contributed by atoms with Crippen LogP contribution in [0.4, 0.5) is 0 Å². The molecule has 0 unspecified atom stereocenters. The van der Waals surface area contributed by atoms with E-state index in [0.29, 0.717) is 0 Å². The number of nitrogens with zero attached hydrogens (tertiary/aromatic N) is 4. The largest absolute Gasteiger partial charge is 0.324 e. The normalized spacial score (nSPS) is 31.3. The predicted octanol–water partition coefficient (Wildman–Crippen LogP) is 5.10. The molecule has 0 N–H and O–H groups in total. The molecule has 164 valence electrons. The summed E-state index contributed by atoms with van der Waals surface area (Å²) >= 11 is 8.91. The minimum absolute atomic E-state index is 0.847. The van der Waals surface area contributed by atoms with Crippen molar-refractivity contribution in [1.82, 2.24) is 4.90 Å². The molecule has 0 aromatic rings. The molecule has 0 saturated carbocycles. The third-order valence-corrected chi connectivity index (χ3v) is 7.51. The van der Waals surface area contributed by atoms with Crippen LogP contribution in [0, 0.1) is 11.8 Å². The van der Waals surface area contributed by atoms with E-state index in [1.54, 1.807) is 0 Å². The van der Waals surface area contributed by atoms with Crippen molar-refractivity contribution < 1.29 is 4.48 Å². The van der Waals surface area contributed by atoms with Crippen molar-refractivity contribution in [2.75, 3.05) is 58.9 Å². The number of piperidine rings is 6. The molecular formula is C23H41N4S2+. The summed E-state index contributed by atoms with van der Waals surface area (Å²) in [7, 11) is 0. The molecule has 0 aromatic carbocycles. The molecule has 0 aliphatic carbocycles. The molecule has 4 nitrogen and oxygen atoms in total. The maximum absolute atomic E-state index is 4.56. The molecule has 0 spiro atoms.